The fraction of sp³-hybridized carbons (Fsp3) is 0.250. The van der Waals surface area contributed by atoms with Gasteiger partial charge in [-0.15, -0.1) is 0 Å². The zero-order chi connectivity index (χ0) is 54.5. The first-order valence-corrected chi connectivity index (χ1v) is 25.7. The number of carbonyl (C=O) groups excluding carboxylic acids is 4. The molecule has 2 aliphatic heterocycles. The second-order valence-corrected chi connectivity index (χ2v) is 23.5. The zero-order valence-electron chi connectivity index (χ0n) is 45.4. The third-order valence-electron chi connectivity index (χ3n) is 13.3. The van der Waals surface area contributed by atoms with Crippen LogP contribution in [0.2, 0.25) is 0 Å². The summed E-state index contributed by atoms with van der Waals surface area (Å²) in [5.41, 5.74) is 10.6. The Kier molecular flexibility index (Phi) is 13.7. The number of amides is 4. The Morgan fingerprint density at radius 3 is 0.711 bits per heavy atom. The molecular formula is C64H66N8O4. The van der Waals surface area contributed by atoms with Crippen LogP contribution in [0.5, 0.6) is 0 Å². The highest BCUT2D eigenvalue weighted by molar-refractivity contribution is 6.08. The first-order chi connectivity index (χ1) is 35.9. The standard InChI is InChI=1S/C64H66N8O4/c1-61(2,3)57(73)69-41-25-17-13-21-37(41)53-45-29-31-47(65-45)54(38-22-14-18-26-42(38)70-58(74)62(4,5)6)49-33-35-51(67-49)56(40-24-16-20-28-44(40)72-60(76)64(10,11)12)52-36-34-50(68-52)55(48-32-30-46(53)66-48)39-23-15-19-27-43(39)71-59(75)63(7,8)9/h13-36,65,68H,1-12H3,(H,69,73)(H,70,74)(H,71,75)(H,72,76). The van der Waals surface area contributed by atoms with Crippen LogP contribution in [0, 0.1) is 21.7 Å². The molecule has 0 saturated carbocycles. The quantitative estimate of drug-likeness (QED) is 0.0884. The van der Waals surface area contributed by atoms with Crippen LogP contribution in [-0.2, 0) is 19.2 Å². The lowest BCUT2D eigenvalue weighted by molar-refractivity contribution is -0.123. The summed E-state index contributed by atoms with van der Waals surface area (Å²) in [6, 6.07) is 38.9. The Morgan fingerprint density at radius 2 is 0.513 bits per heavy atom. The lowest BCUT2D eigenvalue weighted by Gasteiger charge is -2.20. The van der Waals surface area contributed by atoms with Crippen molar-refractivity contribution in [2.45, 2.75) is 83.1 Å². The van der Waals surface area contributed by atoms with E-state index in [1.807, 2.05) is 229 Å². The number of aromatic amines is 2. The van der Waals surface area contributed by atoms with E-state index in [1.165, 1.54) is 0 Å². The minimum Gasteiger partial charge on any atom is -0.354 e. The molecule has 3 aromatic heterocycles. The average molecular weight is 1010 g/mol. The second-order valence-electron chi connectivity index (χ2n) is 23.5. The maximum absolute atomic E-state index is 13.8. The molecule has 7 aromatic rings. The Morgan fingerprint density at radius 1 is 0.316 bits per heavy atom. The molecule has 0 fully saturated rings. The van der Waals surface area contributed by atoms with Crippen molar-refractivity contribution in [2.75, 3.05) is 21.3 Å². The maximum atomic E-state index is 13.8. The van der Waals surface area contributed by atoms with Gasteiger partial charge in [0.1, 0.15) is 0 Å². The van der Waals surface area contributed by atoms with Crippen molar-refractivity contribution < 1.29 is 19.2 Å². The molecule has 76 heavy (non-hydrogen) atoms. The summed E-state index contributed by atoms with van der Waals surface area (Å²) in [4.78, 5) is 73.8. The molecule has 4 aromatic carbocycles. The van der Waals surface area contributed by atoms with Crippen molar-refractivity contribution in [3.8, 4) is 44.5 Å². The molecule has 6 N–H and O–H groups in total. The molecule has 386 valence electrons. The van der Waals surface area contributed by atoms with Gasteiger partial charge in [-0.2, -0.15) is 0 Å². The van der Waals surface area contributed by atoms with Crippen molar-refractivity contribution in [3.63, 3.8) is 0 Å². The maximum Gasteiger partial charge on any atom is 0.229 e. The molecule has 0 unspecified atom stereocenters. The van der Waals surface area contributed by atoms with Gasteiger partial charge in [0.15, 0.2) is 0 Å². The van der Waals surface area contributed by atoms with Gasteiger partial charge in [-0.1, -0.05) is 156 Å². The van der Waals surface area contributed by atoms with Crippen LogP contribution in [0.1, 0.15) is 106 Å². The second kappa shape index (κ2) is 19.9. The first-order valence-electron chi connectivity index (χ1n) is 25.7. The van der Waals surface area contributed by atoms with Gasteiger partial charge in [0.2, 0.25) is 23.6 Å². The molecule has 8 bridgehead atoms. The van der Waals surface area contributed by atoms with Crippen LogP contribution in [0.3, 0.4) is 0 Å². The van der Waals surface area contributed by atoms with E-state index in [2.05, 4.69) is 31.2 Å². The van der Waals surface area contributed by atoms with Crippen LogP contribution in [-0.4, -0.2) is 43.6 Å². The smallest absolute Gasteiger partial charge is 0.229 e. The van der Waals surface area contributed by atoms with E-state index in [0.717, 1.165) is 22.3 Å². The number of hydrogen-bond donors (Lipinski definition) is 6. The van der Waals surface area contributed by atoms with Crippen molar-refractivity contribution in [1.82, 2.24) is 19.9 Å². The molecule has 0 atom stereocenters. The van der Waals surface area contributed by atoms with Crippen LogP contribution in [0.15, 0.2) is 121 Å². The van der Waals surface area contributed by atoms with Gasteiger partial charge in [0.25, 0.3) is 0 Å². The molecule has 0 radical (unpaired) electrons. The van der Waals surface area contributed by atoms with E-state index in [-0.39, 0.29) is 23.6 Å². The normalized spacial score (nSPS) is 12.6. The number of fused-ring (bicyclic) bond motifs is 8. The summed E-state index contributed by atoms with van der Waals surface area (Å²) in [5.74, 6) is -0.603. The first kappa shape index (κ1) is 52.2. The number of nitrogens with zero attached hydrogens (tertiary/aromatic N) is 2. The number of hydrogen-bond acceptors (Lipinski definition) is 6. The highest BCUT2D eigenvalue weighted by Gasteiger charge is 2.29. The number of H-pyrrole nitrogens is 2. The van der Waals surface area contributed by atoms with E-state index >= 15 is 0 Å². The molecular weight excluding hydrogens is 945 g/mol. The van der Waals surface area contributed by atoms with E-state index in [4.69, 9.17) is 9.97 Å². The van der Waals surface area contributed by atoms with Crippen LogP contribution >= 0.6 is 0 Å². The Bertz CT molecular complexity index is 3250. The minimum absolute atomic E-state index is 0.151. The zero-order valence-corrected chi connectivity index (χ0v) is 45.4. The number of carbonyl (C=O) groups is 4. The fourth-order valence-electron chi connectivity index (χ4n) is 8.82. The van der Waals surface area contributed by atoms with Gasteiger partial charge in [-0.3, -0.25) is 19.2 Å². The van der Waals surface area contributed by atoms with Crippen LogP contribution in [0.25, 0.3) is 90.9 Å². The van der Waals surface area contributed by atoms with Gasteiger partial charge in [0.05, 0.1) is 22.8 Å². The lowest BCUT2D eigenvalue weighted by atomic mass is 9.94. The third kappa shape index (κ3) is 10.7. The predicted molar refractivity (Wildman–Crippen MR) is 313 cm³/mol. The van der Waals surface area contributed by atoms with E-state index < -0.39 is 21.7 Å². The molecule has 12 heteroatoms. The van der Waals surface area contributed by atoms with Crippen LogP contribution in [0.4, 0.5) is 22.7 Å². The summed E-state index contributed by atoms with van der Waals surface area (Å²) in [6.07, 6.45) is 7.91. The van der Waals surface area contributed by atoms with Gasteiger partial charge in [-0.25, -0.2) is 9.97 Å². The topological polar surface area (TPSA) is 174 Å². The van der Waals surface area contributed by atoms with Crippen molar-refractivity contribution in [1.29, 1.82) is 0 Å². The SMILES string of the molecule is CC(C)(C)C(=O)Nc1ccccc1-c1c2nc(c(-c3ccccc3NC(=O)C(C)(C)C)c3ccc([nH]3)c(-c3ccccc3NC(=O)C(C)(C)C)c3nc(c(-c4ccccc4NC(=O)C(C)(C)C)c4ccc1[nH]4)C=C3)C=C2. The van der Waals surface area contributed by atoms with Gasteiger partial charge in [-0.05, 0) is 72.8 Å². The summed E-state index contributed by atoms with van der Waals surface area (Å²) in [6.45, 7) is 22.6. The van der Waals surface area contributed by atoms with Crippen molar-refractivity contribution in [2.24, 2.45) is 21.7 Å². The van der Waals surface area contributed by atoms with Crippen molar-refractivity contribution in [3.05, 3.63) is 144 Å². The molecule has 5 heterocycles. The third-order valence-corrected chi connectivity index (χ3v) is 13.3. The molecule has 9 rings (SSSR count). The van der Waals surface area contributed by atoms with Crippen LogP contribution < -0.4 is 21.3 Å². The van der Waals surface area contributed by atoms with E-state index in [9.17, 15) is 19.2 Å². The number of nitrogens with one attached hydrogen (secondary N) is 6. The average Bonchev–Trinajstić information content (AvgIpc) is 4.23. The fourth-order valence-corrected chi connectivity index (χ4v) is 8.82. The van der Waals surface area contributed by atoms with E-state index in [0.29, 0.717) is 89.8 Å². The molecule has 12 nitrogen and oxygen atoms in total. The highest BCUT2D eigenvalue weighted by atomic mass is 16.2. The number of benzene rings is 4. The summed E-state index contributed by atoms with van der Waals surface area (Å²) in [5, 5.41) is 12.9. The largest absolute Gasteiger partial charge is 0.354 e. The Hall–Kier alpha value is -8.64. The summed E-state index contributed by atoms with van der Waals surface area (Å²) >= 11 is 0. The lowest BCUT2D eigenvalue weighted by Crippen LogP contribution is -2.27. The Labute approximate surface area is 444 Å². The minimum atomic E-state index is -0.692. The van der Waals surface area contributed by atoms with Gasteiger partial charge >= 0.3 is 0 Å². The molecule has 0 saturated heterocycles. The van der Waals surface area contributed by atoms with Gasteiger partial charge in [0, 0.05) is 111 Å². The van der Waals surface area contributed by atoms with Gasteiger partial charge < -0.3 is 31.2 Å². The summed E-state index contributed by atoms with van der Waals surface area (Å²) in [7, 11) is 0. The monoisotopic (exact) mass is 1010 g/mol. The summed E-state index contributed by atoms with van der Waals surface area (Å²) < 4.78 is 0. The predicted octanol–water partition coefficient (Wildman–Crippen LogP) is 15.3. The highest BCUT2D eigenvalue weighted by Crippen LogP contribution is 2.43. The molecule has 2 aliphatic rings. The van der Waals surface area contributed by atoms with Crippen molar-refractivity contribution >= 4 is 92.7 Å². The molecule has 4 amide bonds. The molecule has 0 aliphatic carbocycles. The number of para-hydroxylation sites is 4. The Balaban J connectivity index is 1.47. The number of anilines is 4. The van der Waals surface area contributed by atoms with E-state index in [1.54, 1.807) is 0 Å². The molecule has 0 spiro atoms. The number of rotatable bonds is 8. The number of aromatic nitrogens is 4.